The Morgan fingerprint density at radius 3 is 2.65 bits per heavy atom. The Morgan fingerprint density at radius 2 is 1.92 bits per heavy atom. The molecule has 5 nitrogen and oxygen atoms in total. The van der Waals surface area contributed by atoms with Crippen LogP contribution in [0, 0.1) is 0 Å². The van der Waals surface area contributed by atoms with Crippen LogP contribution in [0.1, 0.15) is 25.5 Å². The van der Waals surface area contributed by atoms with Crippen molar-refractivity contribution in [2.24, 2.45) is 0 Å². The fourth-order valence-electron chi connectivity index (χ4n) is 3.39. The molecule has 1 unspecified atom stereocenters. The van der Waals surface area contributed by atoms with Crippen LogP contribution in [0.5, 0.6) is 5.75 Å². The van der Waals surface area contributed by atoms with E-state index < -0.39 is 0 Å². The lowest BCUT2D eigenvalue weighted by Gasteiger charge is -2.34. The largest absolute Gasteiger partial charge is 0.497 e. The van der Waals surface area contributed by atoms with Crippen molar-refractivity contribution in [1.82, 2.24) is 9.80 Å². The number of fused-ring (bicyclic) bond motifs is 1. The van der Waals surface area contributed by atoms with Gasteiger partial charge in [0.1, 0.15) is 11.9 Å². The van der Waals surface area contributed by atoms with Gasteiger partial charge in [-0.05, 0) is 47.6 Å². The van der Waals surface area contributed by atoms with Crippen molar-refractivity contribution < 1.29 is 14.3 Å². The van der Waals surface area contributed by atoms with Crippen LogP contribution in [0.3, 0.4) is 0 Å². The maximum absolute atomic E-state index is 12.6. The molecule has 2 aromatic rings. The highest BCUT2D eigenvalue weighted by Crippen LogP contribution is 2.28. The van der Waals surface area contributed by atoms with Crippen LogP contribution in [0.4, 0.5) is 0 Å². The summed E-state index contributed by atoms with van der Waals surface area (Å²) in [6.45, 7) is 8.30. The van der Waals surface area contributed by atoms with Crippen LogP contribution in [0.25, 0.3) is 10.8 Å². The third-order valence-corrected chi connectivity index (χ3v) is 5.12. The zero-order valence-electron chi connectivity index (χ0n) is 15.9. The van der Waals surface area contributed by atoms with Crippen molar-refractivity contribution in [3.63, 3.8) is 0 Å². The first-order valence-corrected chi connectivity index (χ1v) is 9.34. The van der Waals surface area contributed by atoms with E-state index in [4.69, 9.17) is 9.47 Å². The number of benzene rings is 2. The van der Waals surface area contributed by atoms with Gasteiger partial charge in [0.25, 0.3) is 0 Å². The van der Waals surface area contributed by atoms with E-state index in [1.165, 1.54) is 0 Å². The third-order valence-electron chi connectivity index (χ3n) is 5.12. The van der Waals surface area contributed by atoms with Crippen molar-refractivity contribution >= 4 is 16.7 Å². The Bertz CT molecular complexity index is 758. The number of ether oxygens (including phenoxy) is 2. The molecule has 140 valence electrons. The Morgan fingerprint density at radius 1 is 1.19 bits per heavy atom. The number of amides is 1. The minimum absolute atomic E-state index is 0.0732. The van der Waals surface area contributed by atoms with Gasteiger partial charge in [0, 0.05) is 6.54 Å². The average molecular weight is 356 g/mol. The summed E-state index contributed by atoms with van der Waals surface area (Å²) in [5.41, 5.74) is 1.11. The molecule has 1 saturated heterocycles. The molecule has 1 aliphatic rings. The van der Waals surface area contributed by atoms with Crippen LogP contribution >= 0.6 is 0 Å². The summed E-state index contributed by atoms with van der Waals surface area (Å²) < 4.78 is 11.3. The Kier molecular flexibility index (Phi) is 6.12. The number of morpholine rings is 1. The minimum atomic E-state index is -0.0732. The minimum Gasteiger partial charge on any atom is -0.497 e. The molecule has 1 amide bonds. The van der Waals surface area contributed by atoms with E-state index >= 15 is 0 Å². The van der Waals surface area contributed by atoms with E-state index in [0.29, 0.717) is 26.2 Å². The van der Waals surface area contributed by atoms with Gasteiger partial charge in [-0.2, -0.15) is 0 Å². The molecule has 0 aromatic heterocycles. The number of carbonyl (C=O) groups excluding carboxylic acids is 1. The number of methoxy groups -OCH3 is 1. The third kappa shape index (κ3) is 4.17. The van der Waals surface area contributed by atoms with Crippen LogP contribution in [-0.4, -0.2) is 62.1 Å². The fraction of sp³-hybridized carbons (Fsp3) is 0.476. The maximum atomic E-state index is 12.6. The fourth-order valence-corrected chi connectivity index (χ4v) is 3.39. The Labute approximate surface area is 155 Å². The lowest BCUT2D eigenvalue weighted by molar-refractivity contribution is -0.140. The number of carbonyl (C=O) groups is 1. The summed E-state index contributed by atoms with van der Waals surface area (Å²) in [5.74, 6) is 1.04. The van der Waals surface area contributed by atoms with Gasteiger partial charge < -0.3 is 14.4 Å². The van der Waals surface area contributed by atoms with Crippen LogP contribution < -0.4 is 4.74 Å². The SMILES string of the molecule is CCN(CC)CC(=O)N1CCOC(c2ccc3cc(OC)ccc3c2)C1. The molecule has 2 aromatic carbocycles. The Balaban J connectivity index is 1.72. The highest BCUT2D eigenvalue weighted by atomic mass is 16.5. The molecule has 0 saturated carbocycles. The van der Waals surface area contributed by atoms with Gasteiger partial charge in [-0.15, -0.1) is 0 Å². The van der Waals surface area contributed by atoms with Crippen LogP contribution in [0.2, 0.25) is 0 Å². The molecule has 1 fully saturated rings. The number of hydrogen-bond acceptors (Lipinski definition) is 4. The molecule has 3 rings (SSSR count). The normalized spacial score (nSPS) is 17.7. The monoisotopic (exact) mass is 356 g/mol. The highest BCUT2D eigenvalue weighted by molar-refractivity contribution is 5.84. The number of rotatable bonds is 6. The van der Waals surface area contributed by atoms with Crippen molar-refractivity contribution in [2.45, 2.75) is 20.0 Å². The quantitative estimate of drug-likeness (QED) is 0.798. The van der Waals surface area contributed by atoms with Crippen LogP contribution in [0.15, 0.2) is 36.4 Å². The van der Waals surface area contributed by atoms with Gasteiger partial charge in [0.2, 0.25) is 5.91 Å². The lowest BCUT2D eigenvalue weighted by atomic mass is 10.0. The molecular formula is C21H28N2O3. The molecule has 0 spiro atoms. The number of likely N-dealkylation sites (N-methyl/N-ethyl adjacent to an activating group) is 1. The van der Waals surface area contributed by atoms with E-state index in [1.807, 2.05) is 17.0 Å². The molecule has 0 aliphatic carbocycles. The summed E-state index contributed by atoms with van der Waals surface area (Å²) >= 11 is 0. The second-order valence-electron chi connectivity index (χ2n) is 6.63. The predicted octanol–water partition coefficient (Wildman–Crippen LogP) is 3.09. The maximum Gasteiger partial charge on any atom is 0.236 e. The second kappa shape index (κ2) is 8.52. The van der Waals surface area contributed by atoms with Gasteiger partial charge in [0.15, 0.2) is 0 Å². The zero-order chi connectivity index (χ0) is 18.5. The first kappa shape index (κ1) is 18.7. The molecular weight excluding hydrogens is 328 g/mol. The highest BCUT2D eigenvalue weighted by Gasteiger charge is 2.26. The summed E-state index contributed by atoms with van der Waals surface area (Å²) in [5, 5.41) is 2.29. The molecule has 1 heterocycles. The average Bonchev–Trinajstić information content (AvgIpc) is 2.71. The summed E-state index contributed by atoms with van der Waals surface area (Å²) in [4.78, 5) is 16.7. The summed E-state index contributed by atoms with van der Waals surface area (Å²) in [6.07, 6.45) is -0.0732. The molecule has 0 N–H and O–H groups in total. The molecule has 26 heavy (non-hydrogen) atoms. The molecule has 1 atom stereocenters. The first-order chi connectivity index (χ1) is 12.6. The van der Waals surface area contributed by atoms with Gasteiger partial charge in [-0.25, -0.2) is 0 Å². The first-order valence-electron chi connectivity index (χ1n) is 9.34. The van der Waals surface area contributed by atoms with Gasteiger partial charge in [0.05, 0.1) is 26.8 Å². The second-order valence-corrected chi connectivity index (χ2v) is 6.63. The van der Waals surface area contributed by atoms with E-state index in [2.05, 4.69) is 43.0 Å². The smallest absolute Gasteiger partial charge is 0.236 e. The van der Waals surface area contributed by atoms with Gasteiger partial charge >= 0.3 is 0 Å². The van der Waals surface area contributed by atoms with Crippen molar-refractivity contribution in [3.05, 3.63) is 42.0 Å². The molecule has 0 bridgehead atoms. The Hall–Kier alpha value is -2.11. The summed E-state index contributed by atoms with van der Waals surface area (Å²) in [7, 11) is 1.68. The van der Waals surface area contributed by atoms with Crippen molar-refractivity contribution in [3.8, 4) is 5.75 Å². The topological polar surface area (TPSA) is 42.0 Å². The number of hydrogen-bond donors (Lipinski definition) is 0. The van der Waals surface area contributed by atoms with E-state index in [0.717, 1.165) is 35.2 Å². The summed E-state index contributed by atoms with van der Waals surface area (Å²) in [6, 6.07) is 12.4. The standard InChI is InChI=1S/C21H28N2O3/c1-4-22(5-2)15-21(24)23-10-11-26-20(14-23)18-7-6-17-13-19(25-3)9-8-16(17)12-18/h6-9,12-13,20H,4-5,10-11,14-15H2,1-3H3. The van der Waals surface area contributed by atoms with Crippen molar-refractivity contribution in [1.29, 1.82) is 0 Å². The molecule has 5 heteroatoms. The predicted molar refractivity (Wildman–Crippen MR) is 104 cm³/mol. The van der Waals surface area contributed by atoms with Crippen molar-refractivity contribution in [2.75, 3.05) is 46.4 Å². The van der Waals surface area contributed by atoms with Gasteiger partial charge in [-0.1, -0.05) is 32.0 Å². The van der Waals surface area contributed by atoms with Gasteiger partial charge in [-0.3, -0.25) is 9.69 Å². The zero-order valence-corrected chi connectivity index (χ0v) is 15.9. The molecule has 1 aliphatic heterocycles. The van der Waals surface area contributed by atoms with Crippen LogP contribution in [-0.2, 0) is 9.53 Å². The van der Waals surface area contributed by atoms with E-state index in [9.17, 15) is 4.79 Å². The lowest BCUT2D eigenvalue weighted by Crippen LogP contribution is -2.46. The van der Waals surface area contributed by atoms with E-state index in [-0.39, 0.29) is 12.0 Å². The molecule has 0 radical (unpaired) electrons. The number of nitrogens with zero attached hydrogens (tertiary/aromatic N) is 2. The van der Waals surface area contributed by atoms with E-state index in [1.54, 1.807) is 7.11 Å².